The van der Waals surface area contributed by atoms with Crippen molar-refractivity contribution in [2.75, 3.05) is 6.61 Å². The molecule has 0 bridgehead atoms. The fraction of sp³-hybridized carbons (Fsp3) is 0.455. The van der Waals surface area contributed by atoms with Gasteiger partial charge < -0.3 is 5.11 Å². The number of aliphatic hydroxyl groups is 1. The molecule has 0 aliphatic heterocycles. The third-order valence-corrected chi connectivity index (χ3v) is 2.24. The van der Waals surface area contributed by atoms with Gasteiger partial charge in [-0.05, 0) is 37.0 Å². The van der Waals surface area contributed by atoms with E-state index in [9.17, 15) is 13.2 Å². The van der Waals surface area contributed by atoms with Crippen molar-refractivity contribution in [1.29, 1.82) is 0 Å². The third kappa shape index (κ3) is 2.96. The topological polar surface area (TPSA) is 20.2 Å². The predicted octanol–water partition coefficient (Wildman–Crippen LogP) is 3.00. The molecule has 1 nitrogen and oxygen atoms in total. The molecule has 0 spiro atoms. The summed E-state index contributed by atoms with van der Waals surface area (Å²) in [6.45, 7) is 1.48. The first-order valence-corrected chi connectivity index (χ1v) is 4.74. The highest BCUT2D eigenvalue weighted by molar-refractivity contribution is 5.33. The zero-order chi connectivity index (χ0) is 11.4. The Morgan fingerprint density at radius 1 is 1.33 bits per heavy atom. The molecule has 0 atom stereocenters. The maximum atomic E-state index is 13.2. The molecule has 1 rings (SSSR count). The summed E-state index contributed by atoms with van der Waals surface area (Å²) in [4.78, 5) is 0. The summed E-state index contributed by atoms with van der Waals surface area (Å²) >= 11 is 0. The van der Waals surface area contributed by atoms with E-state index in [1.165, 1.54) is 6.92 Å². The first-order valence-electron chi connectivity index (χ1n) is 4.74. The minimum absolute atomic E-state index is 0.0112. The largest absolute Gasteiger partial charge is 0.396 e. The normalized spacial score (nSPS) is 11.1. The number of rotatable bonds is 4. The van der Waals surface area contributed by atoms with Gasteiger partial charge in [0.15, 0.2) is 0 Å². The van der Waals surface area contributed by atoms with Crippen LogP contribution < -0.4 is 0 Å². The van der Waals surface area contributed by atoms with Crippen molar-refractivity contribution in [1.82, 2.24) is 0 Å². The molecule has 0 heterocycles. The zero-order valence-electron chi connectivity index (χ0n) is 8.43. The lowest BCUT2D eigenvalue weighted by Gasteiger charge is -2.09. The highest BCUT2D eigenvalue weighted by Gasteiger charge is 2.16. The molecule has 1 aromatic carbocycles. The molecule has 0 amide bonds. The fourth-order valence-electron chi connectivity index (χ4n) is 1.53. The van der Waals surface area contributed by atoms with Gasteiger partial charge in [0.1, 0.15) is 5.82 Å². The van der Waals surface area contributed by atoms with Crippen LogP contribution >= 0.6 is 0 Å². The van der Waals surface area contributed by atoms with E-state index in [1.807, 2.05) is 0 Å². The highest BCUT2D eigenvalue weighted by Crippen LogP contribution is 2.26. The molecule has 0 fully saturated rings. The van der Waals surface area contributed by atoms with E-state index in [1.54, 1.807) is 6.07 Å². The van der Waals surface area contributed by atoms with E-state index in [-0.39, 0.29) is 12.2 Å². The number of hydrogen-bond acceptors (Lipinski definition) is 1. The maximum Gasteiger partial charge on any atom is 0.266 e. The Morgan fingerprint density at radius 2 is 2.00 bits per heavy atom. The van der Waals surface area contributed by atoms with Crippen LogP contribution in [0.1, 0.15) is 29.5 Å². The van der Waals surface area contributed by atoms with Crippen LogP contribution in [0.4, 0.5) is 13.2 Å². The van der Waals surface area contributed by atoms with Gasteiger partial charge in [-0.3, -0.25) is 0 Å². The van der Waals surface area contributed by atoms with Gasteiger partial charge in [-0.25, -0.2) is 13.2 Å². The van der Waals surface area contributed by atoms with Crippen molar-refractivity contribution >= 4 is 0 Å². The molecule has 0 unspecified atom stereocenters. The summed E-state index contributed by atoms with van der Waals surface area (Å²) in [6.07, 6.45) is -1.78. The first-order chi connectivity index (χ1) is 7.06. The number of aliphatic hydroxyl groups excluding tert-OH is 1. The van der Waals surface area contributed by atoms with Gasteiger partial charge >= 0.3 is 0 Å². The Morgan fingerprint density at radius 3 is 2.47 bits per heavy atom. The quantitative estimate of drug-likeness (QED) is 0.823. The Hall–Kier alpha value is -1.03. The smallest absolute Gasteiger partial charge is 0.266 e. The second kappa shape index (κ2) is 5.16. The van der Waals surface area contributed by atoms with Crippen LogP contribution in [-0.4, -0.2) is 11.7 Å². The van der Waals surface area contributed by atoms with Gasteiger partial charge in [-0.1, -0.05) is 6.07 Å². The van der Waals surface area contributed by atoms with E-state index < -0.39 is 17.8 Å². The number of benzene rings is 1. The average Bonchev–Trinajstić information content (AvgIpc) is 2.12. The second-order valence-electron chi connectivity index (χ2n) is 3.44. The van der Waals surface area contributed by atoms with Crippen LogP contribution in [0, 0.1) is 12.7 Å². The van der Waals surface area contributed by atoms with E-state index in [0.717, 1.165) is 6.07 Å². The Balaban J connectivity index is 2.97. The molecule has 0 aromatic heterocycles. The Bertz CT molecular complexity index is 314. The third-order valence-electron chi connectivity index (χ3n) is 2.24. The monoisotopic (exact) mass is 218 g/mol. The standard InChI is InChI=1S/C11H13F3O/c1-7-5-8(3-2-4-15)6-9(12)10(7)11(13)14/h5-6,11,15H,2-4H2,1H3. The summed E-state index contributed by atoms with van der Waals surface area (Å²) in [6, 6.07) is 2.66. The van der Waals surface area contributed by atoms with Crippen LogP contribution in [0.2, 0.25) is 0 Å². The van der Waals surface area contributed by atoms with Crippen LogP contribution in [0.5, 0.6) is 0 Å². The molecule has 15 heavy (non-hydrogen) atoms. The first kappa shape index (κ1) is 12.0. The van der Waals surface area contributed by atoms with E-state index >= 15 is 0 Å². The SMILES string of the molecule is Cc1cc(CCCO)cc(F)c1C(F)F. The van der Waals surface area contributed by atoms with Crippen molar-refractivity contribution in [2.24, 2.45) is 0 Å². The van der Waals surface area contributed by atoms with Gasteiger partial charge in [0.25, 0.3) is 6.43 Å². The molecule has 1 N–H and O–H groups in total. The van der Waals surface area contributed by atoms with Crippen LogP contribution in [0.25, 0.3) is 0 Å². The van der Waals surface area contributed by atoms with Gasteiger partial charge in [-0.2, -0.15) is 0 Å². The van der Waals surface area contributed by atoms with Crippen molar-refractivity contribution < 1.29 is 18.3 Å². The van der Waals surface area contributed by atoms with Crippen molar-refractivity contribution in [3.8, 4) is 0 Å². The molecule has 0 radical (unpaired) electrons. The van der Waals surface area contributed by atoms with E-state index in [2.05, 4.69) is 0 Å². The van der Waals surface area contributed by atoms with Crippen molar-refractivity contribution in [2.45, 2.75) is 26.2 Å². The number of alkyl halides is 2. The summed E-state index contributed by atoms with van der Waals surface area (Å²) in [5.74, 6) is -0.863. The lowest BCUT2D eigenvalue weighted by atomic mass is 10.0. The second-order valence-corrected chi connectivity index (χ2v) is 3.44. The van der Waals surface area contributed by atoms with Crippen LogP contribution in [-0.2, 0) is 6.42 Å². The highest BCUT2D eigenvalue weighted by atomic mass is 19.3. The van der Waals surface area contributed by atoms with Gasteiger partial charge in [-0.15, -0.1) is 0 Å². The van der Waals surface area contributed by atoms with Gasteiger partial charge in [0.05, 0.1) is 5.56 Å². The summed E-state index contributed by atoms with van der Waals surface area (Å²) in [7, 11) is 0. The predicted molar refractivity (Wildman–Crippen MR) is 51.5 cm³/mol. The summed E-state index contributed by atoms with van der Waals surface area (Å²) in [5.41, 5.74) is 0.379. The lowest BCUT2D eigenvalue weighted by molar-refractivity contribution is 0.145. The number of aryl methyl sites for hydroxylation is 2. The fourth-order valence-corrected chi connectivity index (χ4v) is 1.53. The lowest BCUT2D eigenvalue weighted by Crippen LogP contribution is -1.99. The molecule has 4 heteroatoms. The Kier molecular flexibility index (Phi) is 4.15. The molecule has 84 valence electrons. The molecule has 0 saturated carbocycles. The van der Waals surface area contributed by atoms with E-state index in [0.29, 0.717) is 18.4 Å². The van der Waals surface area contributed by atoms with Crippen molar-refractivity contribution in [3.63, 3.8) is 0 Å². The number of halogens is 3. The molecular formula is C11H13F3O. The minimum atomic E-state index is -2.78. The van der Waals surface area contributed by atoms with Gasteiger partial charge in [0.2, 0.25) is 0 Å². The minimum Gasteiger partial charge on any atom is -0.396 e. The van der Waals surface area contributed by atoms with Crippen molar-refractivity contribution in [3.05, 3.63) is 34.6 Å². The van der Waals surface area contributed by atoms with Gasteiger partial charge in [0, 0.05) is 6.61 Å². The summed E-state index contributed by atoms with van der Waals surface area (Å²) < 4.78 is 38.0. The maximum absolute atomic E-state index is 13.2. The molecular weight excluding hydrogens is 205 g/mol. The summed E-state index contributed by atoms with van der Waals surface area (Å²) in [5, 5.41) is 8.60. The Labute approximate surface area is 86.5 Å². The molecule has 1 aromatic rings. The molecule has 0 aliphatic carbocycles. The van der Waals surface area contributed by atoms with Crippen LogP contribution in [0.3, 0.4) is 0 Å². The molecule has 0 aliphatic rings. The zero-order valence-corrected chi connectivity index (χ0v) is 8.43. The average molecular weight is 218 g/mol. The van der Waals surface area contributed by atoms with E-state index in [4.69, 9.17) is 5.11 Å². The number of hydrogen-bond donors (Lipinski definition) is 1. The molecule has 0 saturated heterocycles. The van der Waals surface area contributed by atoms with Crippen LogP contribution in [0.15, 0.2) is 12.1 Å².